The second-order valence-corrected chi connectivity index (χ2v) is 4.09. The van der Waals surface area contributed by atoms with Crippen molar-refractivity contribution < 1.29 is 5.11 Å². The molecule has 0 radical (unpaired) electrons. The second-order valence-electron chi connectivity index (χ2n) is 4.09. The summed E-state index contributed by atoms with van der Waals surface area (Å²) < 4.78 is 0. The topological polar surface area (TPSA) is 20.2 Å². The summed E-state index contributed by atoms with van der Waals surface area (Å²) in [6.07, 6.45) is 5.13. The average Bonchev–Trinajstić information content (AvgIpc) is 2.47. The molecule has 0 bridgehead atoms. The zero-order chi connectivity index (χ0) is 11.0. The Morgan fingerprint density at radius 2 is 1.56 bits per heavy atom. The number of aromatic hydroxyl groups is 1. The van der Waals surface area contributed by atoms with Crippen LogP contribution in [0.15, 0.2) is 42.5 Å². The number of benzene rings is 2. The molecule has 1 N–H and O–H groups in total. The summed E-state index contributed by atoms with van der Waals surface area (Å²) in [6, 6.07) is 13.9. The van der Waals surface area contributed by atoms with E-state index < -0.39 is 0 Å². The van der Waals surface area contributed by atoms with E-state index in [9.17, 15) is 5.11 Å². The molecule has 0 amide bonds. The van der Waals surface area contributed by atoms with Crippen molar-refractivity contribution >= 4 is 12.2 Å². The summed E-state index contributed by atoms with van der Waals surface area (Å²) >= 11 is 0. The summed E-state index contributed by atoms with van der Waals surface area (Å²) in [5, 5.41) is 9.50. The molecule has 0 saturated carbocycles. The Morgan fingerprint density at radius 3 is 2.44 bits per heavy atom. The van der Waals surface area contributed by atoms with E-state index in [4.69, 9.17) is 0 Å². The van der Waals surface area contributed by atoms with E-state index in [1.165, 1.54) is 22.3 Å². The molecule has 1 nitrogen and oxygen atoms in total. The maximum atomic E-state index is 9.50. The highest BCUT2D eigenvalue weighted by molar-refractivity contribution is 5.75. The first-order valence-corrected chi connectivity index (χ1v) is 5.41. The molecule has 16 heavy (non-hydrogen) atoms. The minimum Gasteiger partial charge on any atom is -0.508 e. The van der Waals surface area contributed by atoms with Crippen LogP contribution in [-0.2, 0) is 6.42 Å². The number of hydrogen-bond donors (Lipinski definition) is 1. The van der Waals surface area contributed by atoms with E-state index in [2.05, 4.69) is 36.4 Å². The zero-order valence-corrected chi connectivity index (χ0v) is 8.85. The van der Waals surface area contributed by atoms with Gasteiger partial charge >= 0.3 is 0 Å². The Morgan fingerprint density at radius 1 is 0.812 bits per heavy atom. The lowest BCUT2D eigenvalue weighted by atomic mass is 10.00. The Bertz CT molecular complexity index is 567. The summed E-state index contributed by atoms with van der Waals surface area (Å²) in [5.74, 6) is 0.339. The molecular weight excluding hydrogens is 196 g/mol. The Balaban J connectivity index is 2.18. The molecule has 1 heteroatoms. The fourth-order valence-electron chi connectivity index (χ4n) is 2.15. The quantitative estimate of drug-likeness (QED) is 0.599. The molecule has 1 aliphatic carbocycles. The van der Waals surface area contributed by atoms with Crippen LogP contribution < -0.4 is 0 Å². The van der Waals surface area contributed by atoms with Crippen molar-refractivity contribution in [2.45, 2.75) is 6.42 Å². The summed E-state index contributed by atoms with van der Waals surface area (Å²) in [6.45, 7) is 0. The van der Waals surface area contributed by atoms with Gasteiger partial charge in [-0.25, -0.2) is 0 Å². The van der Waals surface area contributed by atoms with Gasteiger partial charge in [-0.2, -0.15) is 0 Å². The van der Waals surface area contributed by atoms with Crippen LogP contribution in [0.3, 0.4) is 0 Å². The molecule has 0 aliphatic heterocycles. The van der Waals surface area contributed by atoms with Gasteiger partial charge in [-0.15, -0.1) is 0 Å². The molecule has 0 atom stereocenters. The summed E-state index contributed by atoms with van der Waals surface area (Å²) in [5.41, 5.74) is 4.94. The van der Waals surface area contributed by atoms with Gasteiger partial charge in [0.05, 0.1) is 0 Å². The molecule has 0 saturated heterocycles. The number of fused-ring (bicyclic) bond motifs is 2. The molecular formula is C15H12O. The largest absolute Gasteiger partial charge is 0.508 e. The van der Waals surface area contributed by atoms with Crippen LogP contribution in [0.5, 0.6) is 5.75 Å². The average molecular weight is 208 g/mol. The minimum absolute atomic E-state index is 0.339. The van der Waals surface area contributed by atoms with E-state index in [-0.39, 0.29) is 0 Å². The molecule has 1 aliphatic rings. The van der Waals surface area contributed by atoms with Crippen molar-refractivity contribution in [2.24, 2.45) is 0 Å². The van der Waals surface area contributed by atoms with Gasteiger partial charge in [0.2, 0.25) is 0 Å². The lowest BCUT2D eigenvalue weighted by molar-refractivity contribution is 0.474. The molecule has 0 heterocycles. The third kappa shape index (κ3) is 1.50. The molecule has 2 aromatic rings. The van der Waals surface area contributed by atoms with E-state index in [0.29, 0.717) is 5.75 Å². The van der Waals surface area contributed by atoms with Crippen molar-refractivity contribution in [3.05, 3.63) is 64.7 Å². The first kappa shape index (κ1) is 9.22. The number of rotatable bonds is 0. The monoisotopic (exact) mass is 208 g/mol. The third-order valence-corrected chi connectivity index (χ3v) is 3.01. The van der Waals surface area contributed by atoms with Gasteiger partial charge in [0.15, 0.2) is 0 Å². The predicted octanol–water partition coefficient (Wildman–Crippen LogP) is 3.47. The number of hydrogen-bond acceptors (Lipinski definition) is 1. The number of phenols is 1. The van der Waals surface area contributed by atoms with Crippen molar-refractivity contribution in [2.75, 3.05) is 0 Å². The normalized spacial score (nSPS) is 12.8. The first-order chi connectivity index (χ1) is 7.83. The SMILES string of the molecule is Oc1ccc2c(c1)Cc1ccccc1C=C2. The van der Waals surface area contributed by atoms with Crippen LogP contribution in [0.4, 0.5) is 0 Å². The molecule has 2 aromatic carbocycles. The third-order valence-electron chi connectivity index (χ3n) is 3.01. The van der Waals surface area contributed by atoms with Gasteiger partial charge in [0.25, 0.3) is 0 Å². The van der Waals surface area contributed by atoms with E-state index in [1.807, 2.05) is 12.1 Å². The molecule has 0 aromatic heterocycles. The maximum Gasteiger partial charge on any atom is 0.115 e. The smallest absolute Gasteiger partial charge is 0.115 e. The van der Waals surface area contributed by atoms with Crippen LogP contribution in [0.1, 0.15) is 22.3 Å². The molecule has 78 valence electrons. The van der Waals surface area contributed by atoms with Crippen LogP contribution in [-0.4, -0.2) is 5.11 Å². The molecule has 0 unspecified atom stereocenters. The van der Waals surface area contributed by atoms with E-state index >= 15 is 0 Å². The highest BCUT2D eigenvalue weighted by Gasteiger charge is 2.08. The van der Waals surface area contributed by atoms with Crippen molar-refractivity contribution in [3.8, 4) is 5.75 Å². The van der Waals surface area contributed by atoms with Crippen molar-refractivity contribution in [3.63, 3.8) is 0 Å². The first-order valence-electron chi connectivity index (χ1n) is 5.41. The van der Waals surface area contributed by atoms with Gasteiger partial charge in [0, 0.05) is 0 Å². The van der Waals surface area contributed by atoms with Crippen LogP contribution in [0, 0.1) is 0 Å². The predicted molar refractivity (Wildman–Crippen MR) is 66.3 cm³/mol. The molecule has 3 rings (SSSR count). The van der Waals surface area contributed by atoms with Gasteiger partial charge in [-0.1, -0.05) is 42.5 Å². The van der Waals surface area contributed by atoms with Crippen LogP contribution >= 0.6 is 0 Å². The zero-order valence-electron chi connectivity index (χ0n) is 8.85. The van der Waals surface area contributed by atoms with Crippen molar-refractivity contribution in [1.82, 2.24) is 0 Å². The van der Waals surface area contributed by atoms with E-state index in [0.717, 1.165) is 6.42 Å². The molecule has 0 spiro atoms. The van der Waals surface area contributed by atoms with Gasteiger partial charge in [-0.3, -0.25) is 0 Å². The minimum atomic E-state index is 0.339. The van der Waals surface area contributed by atoms with Crippen LogP contribution in [0.25, 0.3) is 12.2 Å². The lowest BCUT2D eigenvalue weighted by Gasteiger charge is -2.06. The van der Waals surface area contributed by atoms with Gasteiger partial charge in [0.1, 0.15) is 5.75 Å². The maximum absolute atomic E-state index is 9.50. The summed E-state index contributed by atoms with van der Waals surface area (Å²) in [4.78, 5) is 0. The molecule has 0 fully saturated rings. The van der Waals surface area contributed by atoms with E-state index in [1.54, 1.807) is 6.07 Å². The van der Waals surface area contributed by atoms with Crippen molar-refractivity contribution in [1.29, 1.82) is 0 Å². The lowest BCUT2D eigenvalue weighted by Crippen LogP contribution is -1.91. The highest BCUT2D eigenvalue weighted by Crippen LogP contribution is 2.26. The fourth-order valence-corrected chi connectivity index (χ4v) is 2.15. The Hall–Kier alpha value is -2.02. The summed E-state index contributed by atoms with van der Waals surface area (Å²) in [7, 11) is 0. The van der Waals surface area contributed by atoms with Crippen LogP contribution in [0.2, 0.25) is 0 Å². The van der Waals surface area contributed by atoms with Gasteiger partial charge < -0.3 is 5.11 Å². The second kappa shape index (κ2) is 3.53. The fraction of sp³-hybridized carbons (Fsp3) is 0.0667. The Labute approximate surface area is 94.7 Å². The van der Waals surface area contributed by atoms with Gasteiger partial charge in [-0.05, 0) is 40.8 Å². The highest BCUT2D eigenvalue weighted by atomic mass is 16.3. The Kier molecular flexibility index (Phi) is 2.03. The standard InChI is InChI=1S/C15H12O/c16-15-8-7-12-6-5-11-3-1-2-4-13(11)9-14(12)10-15/h1-8,10,16H,9H2. The number of phenolic OH excluding ortho intramolecular Hbond substituents is 1.